The van der Waals surface area contributed by atoms with E-state index in [9.17, 15) is 24.4 Å². The molecule has 1 atom stereocenters. The highest BCUT2D eigenvalue weighted by atomic mass is 32.2. The van der Waals surface area contributed by atoms with E-state index in [4.69, 9.17) is 5.73 Å². The third-order valence-electron chi connectivity index (χ3n) is 2.03. The topological polar surface area (TPSA) is 129 Å². The molecule has 0 bridgehead atoms. The summed E-state index contributed by atoms with van der Waals surface area (Å²) >= 11 is 0. The Morgan fingerprint density at radius 2 is 1.65 bits per heavy atom. The summed E-state index contributed by atoms with van der Waals surface area (Å²) in [5, 5.41) is 21.3. The lowest BCUT2D eigenvalue weighted by Gasteiger charge is -2.03. The Morgan fingerprint density at radius 3 is 1.94 bits per heavy atom. The molecule has 0 saturated heterocycles. The van der Waals surface area contributed by atoms with Gasteiger partial charge in [0.25, 0.3) is 11.4 Å². The molecule has 1 aromatic carbocycles. The van der Waals surface area contributed by atoms with Gasteiger partial charge in [0.15, 0.2) is 5.69 Å². The number of nitro benzene ring substituents is 2. The minimum atomic E-state index is -1.52. The molecule has 0 spiro atoms. The fraction of sp³-hybridized carbons (Fsp3) is 0.250. The number of hydrogen-bond acceptors (Lipinski definition) is 6. The number of benzene rings is 1. The van der Waals surface area contributed by atoms with Gasteiger partial charge in [-0.2, -0.15) is 0 Å². The Bertz CT molecular complexity index is 481. The van der Waals surface area contributed by atoms with Crippen molar-refractivity contribution < 1.29 is 14.1 Å². The summed E-state index contributed by atoms with van der Waals surface area (Å²) < 4.78 is 11.5. The maximum absolute atomic E-state index is 11.5. The first-order chi connectivity index (χ1) is 7.88. The molecule has 0 heterocycles. The van der Waals surface area contributed by atoms with Gasteiger partial charge in [0.1, 0.15) is 0 Å². The maximum atomic E-state index is 11.5. The summed E-state index contributed by atoms with van der Waals surface area (Å²) in [7, 11) is -1.52. The Hall–Kier alpha value is -2.03. The molecule has 92 valence electrons. The third-order valence-corrected chi connectivity index (χ3v) is 3.31. The predicted molar refractivity (Wildman–Crippen MR) is 61.1 cm³/mol. The molecule has 0 aliphatic carbocycles. The zero-order valence-electron chi connectivity index (χ0n) is 8.78. The molecule has 0 aromatic heterocycles. The molecular weight excluding hydrogens is 250 g/mol. The van der Waals surface area contributed by atoms with Crippen LogP contribution < -0.4 is 5.73 Å². The van der Waals surface area contributed by atoms with E-state index < -0.39 is 37.7 Å². The Labute approximate surface area is 98.2 Å². The lowest BCUT2D eigenvalue weighted by atomic mass is 10.2. The summed E-state index contributed by atoms with van der Waals surface area (Å²) in [4.78, 5) is 19.7. The average Bonchev–Trinajstić information content (AvgIpc) is 2.27. The number of anilines is 1. The first kappa shape index (κ1) is 13.0. The van der Waals surface area contributed by atoms with Crippen LogP contribution in [0.5, 0.6) is 0 Å². The van der Waals surface area contributed by atoms with Crippen molar-refractivity contribution in [3.63, 3.8) is 0 Å². The zero-order valence-corrected chi connectivity index (χ0v) is 9.60. The fourth-order valence-electron chi connectivity index (χ4n) is 1.20. The van der Waals surface area contributed by atoms with Crippen LogP contribution in [0.25, 0.3) is 0 Å². The van der Waals surface area contributed by atoms with Gasteiger partial charge >= 0.3 is 0 Å². The Morgan fingerprint density at radius 1 is 1.24 bits per heavy atom. The SMILES string of the molecule is CCS(=O)c1cc([N+](=O)[O-])c(N)c([N+](=O)[O-])c1. The monoisotopic (exact) mass is 259 g/mol. The van der Waals surface area contributed by atoms with Crippen LogP contribution in [0, 0.1) is 20.2 Å². The second-order valence-corrected chi connectivity index (χ2v) is 4.76. The second kappa shape index (κ2) is 4.87. The van der Waals surface area contributed by atoms with Gasteiger partial charge in [-0.25, -0.2) is 0 Å². The number of hydrogen-bond donors (Lipinski definition) is 1. The number of nitrogens with zero attached hydrogens (tertiary/aromatic N) is 2. The molecule has 17 heavy (non-hydrogen) atoms. The van der Waals surface area contributed by atoms with Crippen LogP contribution in [0.1, 0.15) is 6.92 Å². The van der Waals surface area contributed by atoms with Crippen LogP contribution in [0.4, 0.5) is 17.1 Å². The summed E-state index contributed by atoms with van der Waals surface area (Å²) in [6.07, 6.45) is 0. The number of rotatable bonds is 4. The molecule has 0 saturated carbocycles. The molecule has 1 unspecified atom stereocenters. The van der Waals surface area contributed by atoms with Crippen molar-refractivity contribution in [1.82, 2.24) is 0 Å². The van der Waals surface area contributed by atoms with E-state index in [2.05, 4.69) is 0 Å². The Kier molecular flexibility index (Phi) is 3.73. The van der Waals surface area contributed by atoms with Gasteiger partial charge in [-0.3, -0.25) is 24.4 Å². The lowest BCUT2D eigenvalue weighted by molar-refractivity contribution is -0.392. The van der Waals surface area contributed by atoms with Crippen LogP contribution >= 0.6 is 0 Å². The minimum absolute atomic E-state index is 0.0279. The molecule has 0 radical (unpaired) electrons. The van der Waals surface area contributed by atoms with Crippen LogP contribution in [0.15, 0.2) is 17.0 Å². The van der Waals surface area contributed by atoms with Crippen LogP contribution in [-0.4, -0.2) is 19.8 Å². The normalized spacial score (nSPS) is 12.1. The number of nitrogens with two attached hydrogens (primary N) is 1. The lowest BCUT2D eigenvalue weighted by Crippen LogP contribution is -2.04. The fourth-order valence-corrected chi connectivity index (χ4v) is 2.02. The summed E-state index contributed by atoms with van der Waals surface area (Å²) in [5.41, 5.74) is 3.58. The third kappa shape index (κ3) is 2.56. The van der Waals surface area contributed by atoms with Gasteiger partial charge < -0.3 is 5.73 Å². The van der Waals surface area contributed by atoms with Gasteiger partial charge in [-0.05, 0) is 0 Å². The summed E-state index contributed by atoms with van der Waals surface area (Å²) in [6, 6.07) is 2.00. The molecule has 0 fully saturated rings. The van der Waals surface area contributed by atoms with Crippen molar-refractivity contribution in [3.8, 4) is 0 Å². The van der Waals surface area contributed by atoms with Crippen molar-refractivity contribution >= 4 is 27.9 Å². The zero-order chi connectivity index (χ0) is 13.2. The van der Waals surface area contributed by atoms with E-state index in [0.29, 0.717) is 0 Å². The quantitative estimate of drug-likeness (QED) is 0.491. The molecule has 0 aliphatic rings. The minimum Gasteiger partial charge on any atom is -0.387 e. The van der Waals surface area contributed by atoms with E-state index in [1.165, 1.54) is 0 Å². The van der Waals surface area contributed by atoms with E-state index in [0.717, 1.165) is 12.1 Å². The van der Waals surface area contributed by atoms with Gasteiger partial charge in [0, 0.05) is 17.9 Å². The van der Waals surface area contributed by atoms with Crippen molar-refractivity contribution in [2.75, 3.05) is 11.5 Å². The summed E-state index contributed by atoms with van der Waals surface area (Å²) in [6.45, 7) is 1.60. The second-order valence-electron chi connectivity index (χ2n) is 3.02. The highest BCUT2D eigenvalue weighted by Crippen LogP contribution is 2.33. The van der Waals surface area contributed by atoms with Crippen LogP contribution in [0.3, 0.4) is 0 Å². The molecule has 9 heteroatoms. The van der Waals surface area contributed by atoms with Gasteiger partial charge in [-0.15, -0.1) is 0 Å². The first-order valence-corrected chi connectivity index (χ1v) is 5.81. The van der Waals surface area contributed by atoms with Crippen LogP contribution in [0.2, 0.25) is 0 Å². The van der Waals surface area contributed by atoms with E-state index in [1.54, 1.807) is 6.92 Å². The van der Waals surface area contributed by atoms with Crippen molar-refractivity contribution in [3.05, 3.63) is 32.4 Å². The van der Waals surface area contributed by atoms with Crippen LogP contribution in [-0.2, 0) is 10.8 Å². The van der Waals surface area contributed by atoms with Gasteiger partial charge in [-0.1, -0.05) is 6.92 Å². The van der Waals surface area contributed by atoms with E-state index >= 15 is 0 Å². The molecule has 1 aromatic rings. The predicted octanol–water partition coefficient (Wildman–Crippen LogP) is 1.21. The molecular formula is C8H9N3O5S. The Balaban J connectivity index is 3.52. The largest absolute Gasteiger partial charge is 0.387 e. The van der Waals surface area contributed by atoms with Gasteiger partial charge in [0.2, 0.25) is 0 Å². The molecule has 0 aliphatic heterocycles. The standard InChI is InChI=1S/C8H9N3O5S/c1-2-17(16)5-3-6(10(12)13)8(9)7(4-5)11(14)15/h3-4H,2,9H2,1H3. The number of nitrogen functional groups attached to an aromatic ring is 1. The van der Waals surface area contributed by atoms with E-state index in [-0.39, 0.29) is 10.6 Å². The van der Waals surface area contributed by atoms with Crippen molar-refractivity contribution in [2.45, 2.75) is 11.8 Å². The van der Waals surface area contributed by atoms with Gasteiger partial charge in [0.05, 0.1) is 25.5 Å². The molecule has 2 N–H and O–H groups in total. The summed E-state index contributed by atoms with van der Waals surface area (Å²) in [5.74, 6) is 0.207. The van der Waals surface area contributed by atoms with E-state index in [1.807, 2.05) is 0 Å². The average molecular weight is 259 g/mol. The highest BCUT2D eigenvalue weighted by molar-refractivity contribution is 7.85. The first-order valence-electron chi connectivity index (χ1n) is 4.49. The number of nitro groups is 2. The molecule has 1 rings (SSSR count). The van der Waals surface area contributed by atoms with Crippen molar-refractivity contribution in [2.24, 2.45) is 0 Å². The highest BCUT2D eigenvalue weighted by Gasteiger charge is 2.25. The maximum Gasteiger partial charge on any atom is 0.300 e. The smallest absolute Gasteiger partial charge is 0.300 e. The molecule has 8 nitrogen and oxygen atoms in total. The van der Waals surface area contributed by atoms with Crippen molar-refractivity contribution in [1.29, 1.82) is 0 Å². The molecule has 0 amide bonds.